The molecular weight excluding hydrogens is 142 g/mol. The Hall–Kier alpha value is -1.06. The summed E-state index contributed by atoms with van der Waals surface area (Å²) in [7, 11) is 0. The van der Waals surface area contributed by atoms with Gasteiger partial charge in [-0.1, -0.05) is 0 Å². The van der Waals surface area contributed by atoms with E-state index in [9.17, 15) is 4.79 Å². The first-order valence-corrected chi connectivity index (χ1v) is 3.88. The molecule has 1 atom stereocenters. The van der Waals surface area contributed by atoms with Gasteiger partial charge in [0, 0.05) is 6.04 Å². The molecule has 2 aliphatic rings. The molecule has 4 nitrogen and oxygen atoms in total. The van der Waals surface area contributed by atoms with Gasteiger partial charge in [-0.2, -0.15) is 0 Å². The molecule has 11 heavy (non-hydrogen) atoms. The zero-order valence-electron chi connectivity index (χ0n) is 6.42. The first-order valence-electron chi connectivity index (χ1n) is 3.88. The standard InChI is InChI=1S/C7H11N3O/c1-4-6(8)9-7(11)10(4)5-2-3-5/h4-5H,2-3H2,1H3,(H2,8,9,11). The highest BCUT2D eigenvalue weighted by molar-refractivity contribution is 6.05. The molecule has 0 aromatic carbocycles. The minimum absolute atomic E-state index is 0.0324. The number of carbonyl (C=O) groups excluding carboxylic acids is 1. The lowest BCUT2D eigenvalue weighted by atomic mass is 10.3. The Bertz CT molecular complexity index is 222. The van der Waals surface area contributed by atoms with Gasteiger partial charge in [0.05, 0.1) is 6.04 Å². The van der Waals surface area contributed by atoms with Gasteiger partial charge in [0.15, 0.2) is 0 Å². The summed E-state index contributed by atoms with van der Waals surface area (Å²) in [5.74, 6) is 0.335. The number of carbonyl (C=O) groups is 1. The van der Waals surface area contributed by atoms with Crippen molar-refractivity contribution in [2.24, 2.45) is 0 Å². The molecule has 1 saturated carbocycles. The molecule has 2 rings (SSSR count). The molecule has 2 N–H and O–H groups in total. The SMILES string of the molecule is CC1C(=N)NC(=O)N1C1CC1. The van der Waals surface area contributed by atoms with Gasteiger partial charge in [0.1, 0.15) is 5.84 Å². The summed E-state index contributed by atoms with van der Waals surface area (Å²) in [6, 6.07) is 0.285. The van der Waals surface area contributed by atoms with E-state index in [1.54, 1.807) is 4.90 Å². The van der Waals surface area contributed by atoms with Crippen LogP contribution in [0, 0.1) is 5.41 Å². The van der Waals surface area contributed by atoms with Crippen molar-refractivity contribution in [1.29, 1.82) is 5.41 Å². The van der Waals surface area contributed by atoms with Crippen LogP contribution in [0.5, 0.6) is 0 Å². The normalized spacial score (nSPS) is 31.0. The monoisotopic (exact) mass is 153 g/mol. The van der Waals surface area contributed by atoms with Gasteiger partial charge in [0.2, 0.25) is 0 Å². The van der Waals surface area contributed by atoms with E-state index in [2.05, 4.69) is 5.32 Å². The van der Waals surface area contributed by atoms with Crippen LogP contribution in [-0.2, 0) is 0 Å². The number of hydrogen-bond acceptors (Lipinski definition) is 2. The first-order chi connectivity index (χ1) is 5.20. The summed E-state index contributed by atoms with van der Waals surface area (Å²) >= 11 is 0. The molecule has 0 aromatic rings. The average Bonchev–Trinajstić information content (AvgIpc) is 2.68. The van der Waals surface area contributed by atoms with Crippen LogP contribution in [0.25, 0.3) is 0 Å². The molecule has 1 aliphatic heterocycles. The van der Waals surface area contributed by atoms with Gasteiger partial charge >= 0.3 is 6.03 Å². The zero-order valence-corrected chi connectivity index (χ0v) is 6.42. The summed E-state index contributed by atoms with van der Waals surface area (Å²) in [6.45, 7) is 1.89. The third kappa shape index (κ3) is 0.895. The van der Waals surface area contributed by atoms with Crippen molar-refractivity contribution < 1.29 is 4.79 Å². The summed E-state index contributed by atoms with van der Waals surface area (Å²) in [5, 5.41) is 9.87. The summed E-state index contributed by atoms with van der Waals surface area (Å²) in [6.07, 6.45) is 2.20. The largest absolute Gasteiger partial charge is 0.323 e. The van der Waals surface area contributed by atoms with E-state index in [1.807, 2.05) is 6.92 Å². The number of urea groups is 1. The van der Waals surface area contributed by atoms with Gasteiger partial charge in [-0.05, 0) is 19.8 Å². The van der Waals surface area contributed by atoms with Crippen LogP contribution in [-0.4, -0.2) is 28.9 Å². The molecule has 0 radical (unpaired) electrons. The molecule has 60 valence electrons. The molecule has 0 spiro atoms. The maximum Gasteiger partial charge on any atom is 0.323 e. The van der Waals surface area contributed by atoms with E-state index in [-0.39, 0.29) is 12.1 Å². The van der Waals surface area contributed by atoms with Crippen molar-refractivity contribution in [2.75, 3.05) is 0 Å². The minimum atomic E-state index is -0.0926. The maximum absolute atomic E-state index is 11.2. The second kappa shape index (κ2) is 1.96. The molecule has 0 aromatic heterocycles. The number of rotatable bonds is 1. The van der Waals surface area contributed by atoms with Gasteiger partial charge in [-0.3, -0.25) is 10.7 Å². The van der Waals surface area contributed by atoms with Gasteiger partial charge in [-0.25, -0.2) is 4.79 Å². The maximum atomic E-state index is 11.2. The van der Waals surface area contributed by atoms with Crippen LogP contribution < -0.4 is 5.32 Å². The van der Waals surface area contributed by atoms with E-state index >= 15 is 0 Å². The molecular formula is C7H11N3O. The Labute approximate surface area is 65.1 Å². The number of hydrogen-bond donors (Lipinski definition) is 2. The van der Waals surface area contributed by atoms with Crippen LogP contribution in [0.3, 0.4) is 0 Å². The summed E-state index contributed by atoms with van der Waals surface area (Å²) in [4.78, 5) is 12.9. The Kier molecular flexibility index (Phi) is 1.19. The lowest BCUT2D eigenvalue weighted by Gasteiger charge is -2.17. The van der Waals surface area contributed by atoms with E-state index in [0.717, 1.165) is 12.8 Å². The number of nitrogens with one attached hydrogen (secondary N) is 2. The third-order valence-electron chi connectivity index (χ3n) is 2.25. The van der Waals surface area contributed by atoms with Gasteiger partial charge in [-0.15, -0.1) is 0 Å². The van der Waals surface area contributed by atoms with E-state index in [1.165, 1.54) is 0 Å². The fraction of sp³-hybridized carbons (Fsp3) is 0.714. The lowest BCUT2D eigenvalue weighted by Crippen LogP contribution is -2.34. The Morgan fingerprint density at radius 1 is 1.64 bits per heavy atom. The predicted octanol–water partition coefficient (Wildman–Crippen LogP) is 0.540. The molecule has 4 heteroatoms. The predicted molar refractivity (Wildman–Crippen MR) is 40.6 cm³/mol. The van der Waals surface area contributed by atoms with Crippen LogP contribution in [0.1, 0.15) is 19.8 Å². The van der Waals surface area contributed by atoms with Crippen molar-refractivity contribution in [2.45, 2.75) is 31.8 Å². The Balaban J connectivity index is 2.17. The quantitative estimate of drug-likeness (QED) is 0.567. The minimum Gasteiger partial charge on any atom is -0.312 e. The van der Waals surface area contributed by atoms with Crippen molar-refractivity contribution in [1.82, 2.24) is 10.2 Å². The average molecular weight is 153 g/mol. The van der Waals surface area contributed by atoms with Crippen molar-refractivity contribution >= 4 is 11.9 Å². The van der Waals surface area contributed by atoms with Crippen LogP contribution in [0.4, 0.5) is 4.79 Å². The molecule has 1 unspecified atom stereocenters. The fourth-order valence-corrected chi connectivity index (χ4v) is 1.43. The molecule has 2 fully saturated rings. The third-order valence-corrected chi connectivity index (χ3v) is 2.25. The number of amidine groups is 1. The topological polar surface area (TPSA) is 56.2 Å². The van der Waals surface area contributed by atoms with E-state index < -0.39 is 0 Å². The van der Waals surface area contributed by atoms with Crippen LogP contribution in [0.2, 0.25) is 0 Å². The van der Waals surface area contributed by atoms with Crippen LogP contribution >= 0.6 is 0 Å². The zero-order chi connectivity index (χ0) is 8.01. The van der Waals surface area contributed by atoms with Crippen molar-refractivity contribution in [3.63, 3.8) is 0 Å². The van der Waals surface area contributed by atoms with E-state index in [4.69, 9.17) is 5.41 Å². The van der Waals surface area contributed by atoms with Gasteiger partial charge in [0.25, 0.3) is 0 Å². The highest BCUT2D eigenvalue weighted by Crippen LogP contribution is 2.30. The lowest BCUT2D eigenvalue weighted by molar-refractivity contribution is 0.205. The first kappa shape index (κ1) is 6.64. The molecule has 1 saturated heterocycles. The second-order valence-electron chi connectivity index (χ2n) is 3.16. The van der Waals surface area contributed by atoms with E-state index in [0.29, 0.717) is 11.9 Å². The Morgan fingerprint density at radius 3 is 2.64 bits per heavy atom. The summed E-state index contributed by atoms with van der Waals surface area (Å²) < 4.78 is 0. The number of amides is 2. The number of nitrogens with zero attached hydrogens (tertiary/aromatic N) is 1. The van der Waals surface area contributed by atoms with Crippen molar-refractivity contribution in [3.05, 3.63) is 0 Å². The van der Waals surface area contributed by atoms with Gasteiger partial charge < -0.3 is 4.90 Å². The Morgan fingerprint density at radius 2 is 2.27 bits per heavy atom. The smallest absolute Gasteiger partial charge is 0.312 e. The molecule has 0 bridgehead atoms. The highest BCUT2D eigenvalue weighted by atomic mass is 16.2. The second-order valence-corrected chi connectivity index (χ2v) is 3.16. The molecule has 1 aliphatic carbocycles. The van der Waals surface area contributed by atoms with Crippen LogP contribution in [0.15, 0.2) is 0 Å². The highest BCUT2D eigenvalue weighted by Gasteiger charge is 2.41. The fourth-order valence-electron chi connectivity index (χ4n) is 1.43. The van der Waals surface area contributed by atoms with Crippen molar-refractivity contribution in [3.8, 4) is 0 Å². The molecule has 1 heterocycles. The summed E-state index contributed by atoms with van der Waals surface area (Å²) in [5.41, 5.74) is 0. The molecule has 2 amide bonds.